The Morgan fingerprint density at radius 2 is 1.94 bits per heavy atom. The molecular weight excluding hydrogens is 233 g/mol. The molecule has 18 heavy (non-hydrogen) atoms. The smallest absolute Gasteiger partial charge is 0.337 e. The quantitative estimate of drug-likeness (QED) is 0.869. The van der Waals surface area contributed by atoms with Crippen LogP contribution in [0.2, 0.25) is 0 Å². The molecule has 0 radical (unpaired) electrons. The van der Waals surface area contributed by atoms with Crippen LogP contribution in [-0.2, 0) is 0 Å². The molecule has 0 aromatic heterocycles. The maximum Gasteiger partial charge on any atom is 0.337 e. The fourth-order valence-electron chi connectivity index (χ4n) is 1.60. The monoisotopic (exact) mass is 245 g/mol. The van der Waals surface area contributed by atoms with Crippen molar-refractivity contribution in [1.29, 1.82) is 0 Å². The maximum atomic E-state index is 13.4. The summed E-state index contributed by atoms with van der Waals surface area (Å²) in [7, 11) is 0. The number of aromatic carboxylic acids is 1. The van der Waals surface area contributed by atoms with E-state index in [1.807, 2.05) is 0 Å². The van der Waals surface area contributed by atoms with Crippen molar-refractivity contribution in [2.24, 2.45) is 0 Å². The van der Waals surface area contributed by atoms with E-state index in [1.165, 1.54) is 12.1 Å². The van der Waals surface area contributed by atoms with Crippen LogP contribution in [0, 0.1) is 12.7 Å². The van der Waals surface area contributed by atoms with Gasteiger partial charge in [-0.3, -0.25) is 0 Å². The van der Waals surface area contributed by atoms with E-state index in [4.69, 9.17) is 5.11 Å². The second-order valence-electron chi connectivity index (χ2n) is 3.94. The molecule has 2 N–H and O–H groups in total. The van der Waals surface area contributed by atoms with Crippen molar-refractivity contribution in [1.82, 2.24) is 0 Å². The molecule has 0 aliphatic carbocycles. The van der Waals surface area contributed by atoms with Crippen molar-refractivity contribution in [2.75, 3.05) is 5.32 Å². The molecule has 0 heterocycles. The summed E-state index contributed by atoms with van der Waals surface area (Å²) in [5.74, 6) is -1.35. The largest absolute Gasteiger partial charge is 0.478 e. The molecule has 2 rings (SSSR count). The van der Waals surface area contributed by atoms with Gasteiger partial charge in [-0.15, -0.1) is 0 Å². The van der Waals surface area contributed by atoms with E-state index in [2.05, 4.69) is 5.32 Å². The number of halogens is 1. The zero-order valence-corrected chi connectivity index (χ0v) is 9.77. The molecule has 3 nitrogen and oxygen atoms in total. The third-order valence-electron chi connectivity index (χ3n) is 2.61. The summed E-state index contributed by atoms with van der Waals surface area (Å²) in [5.41, 5.74) is 1.66. The number of carbonyl (C=O) groups is 1. The van der Waals surface area contributed by atoms with E-state index in [1.54, 1.807) is 37.3 Å². The molecule has 0 bridgehead atoms. The summed E-state index contributed by atoms with van der Waals surface area (Å²) in [5, 5.41) is 11.9. The maximum absolute atomic E-state index is 13.4. The molecule has 4 heteroatoms. The average Bonchev–Trinajstić information content (AvgIpc) is 2.34. The molecule has 2 aromatic carbocycles. The molecule has 0 saturated carbocycles. The molecule has 2 aromatic rings. The highest BCUT2D eigenvalue weighted by molar-refractivity contribution is 5.95. The fraction of sp³-hybridized carbons (Fsp3) is 0.0714. The average molecular weight is 245 g/mol. The summed E-state index contributed by atoms with van der Waals surface area (Å²) in [4.78, 5) is 11.0. The van der Waals surface area contributed by atoms with Crippen LogP contribution in [0.3, 0.4) is 0 Å². The predicted molar refractivity (Wildman–Crippen MR) is 67.8 cm³/mol. The van der Waals surface area contributed by atoms with E-state index in [0.717, 1.165) is 0 Å². The molecule has 0 aliphatic heterocycles. The van der Waals surface area contributed by atoms with Crippen molar-refractivity contribution >= 4 is 17.3 Å². The molecule has 92 valence electrons. The van der Waals surface area contributed by atoms with Crippen LogP contribution < -0.4 is 5.32 Å². The number of anilines is 2. The second-order valence-corrected chi connectivity index (χ2v) is 3.94. The Kier molecular flexibility index (Phi) is 3.28. The summed E-state index contributed by atoms with van der Waals surface area (Å²) >= 11 is 0. The van der Waals surface area contributed by atoms with Gasteiger partial charge in [0.1, 0.15) is 5.82 Å². The topological polar surface area (TPSA) is 49.3 Å². The van der Waals surface area contributed by atoms with Gasteiger partial charge in [0.2, 0.25) is 0 Å². The Bertz CT molecular complexity index is 596. The molecule has 0 fully saturated rings. The molecule has 0 unspecified atom stereocenters. The van der Waals surface area contributed by atoms with E-state index in [9.17, 15) is 9.18 Å². The van der Waals surface area contributed by atoms with Crippen molar-refractivity contribution in [3.05, 3.63) is 59.4 Å². The summed E-state index contributed by atoms with van der Waals surface area (Å²) in [6.07, 6.45) is 0. The number of carboxylic acids is 1. The van der Waals surface area contributed by atoms with Crippen molar-refractivity contribution in [2.45, 2.75) is 6.92 Å². The third-order valence-corrected chi connectivity index (χ3v) is 2.61. The Morgan fingerprint density at radius 3 is 2.61 bits per heavy atom. The van der Waals surface area contributed by atoms with Crippen LogP contribution in [0.15, 0.2) is 42.5 Å². The van der Waals surface area contributed by atoms with E-state index >= 15 is 0 Å². The van der Waals surface area contributed by atoms with Gasteiger partial charge < -0.3 is 10.4 Å². The highest BCUT2D eigenvalue weighted by Gasteiger charge is 2.09. The van der Waals surface area contributed by atoms with E-state index < -0.39 is 5.97 Å². The van der Waals surface area contributed by atoms with Crippen LogP contribution >= 0.6 is 0 Å². The molecule has 0 atom stereocenters. The number of aryl methyl sites for hydroxylation is 1. The lowest BCUT2D eigenvalue weighted by molar-refractivity contribution is 0.0698. The van der Waals surface area contributed by atoms with Crippen LogP contribution in [-0.4, -0.2) is 11.1 Å². The minimum atomic E-state index is -1.02. The summed E-state index contributed by atoms with van der Waals surface area (Å²) < 4.78 is 13.4. The Morgan fingerprint density at radius 1 is 1.22 bits per heavy atom. The Labute approximate surface area is 104 Å². The summed E-state index contributed by atoms with van der Waals surface area (Å²) in [6, 6.07) is 11.2. The molecule has 0 spiro atoms. The lowest BCUT2D eigenvalue weighted by Gasteiger charge is -2.10. The van der Waals surface area contributed by atoms with Crippen LogP contribution in [0.1, 0.15) is 15.9 Å². The first-order valence-corrected chi connectivity index (χ1v) is 5.43. The number of hydrogen-bond donors (Lipinski definition) is 2. The van der Waals surface area contributed by atoms with Gasteiger partial charge in [0, 0.05) is 5.69 Å². The third kappa shape index (κ3) is 2.48. The molecule has 0 aliphatic rings. The molecular formula is C14H12FNO2. The SMILES string of the molecule is Cc1ccc(Nc2ccccc2C(=O)O)cc1F. The number of para-hydroxylation sites is 1. The second kappa shape index (κ2) is 4.87. The fourth-order valence-corrected chi connectivity index (χ4v) is 1.60. The highest BCUT2D eigenvalue weighted by Crippen LogP contribution is 2.22. The minimum Gasteiger partial charge on any atom is -0.478 e. The minimum absolute atomic E-state index is 0.151. The van der Waals surface area contributed by atoms with Crippen molar-refractivity contribution < 1.29 is 14.3 Å². The number of rotatable bonds is 3. The van der Waals surface area contributed by atoms with Gasteiger partial charge >= 0.3 is 5.97 Å². The highest BCUT2D eigenvalue weighted by atomic mass is 19.1. The predicted octanol–water partition coefficient (Wildman–Crippen LogP) is 3.58. The van der Waals surface area contributed by atoms with Gasteiger partial charge in [0.05, 0.1) is 11.3 Å². The standard InChI is InChI=1S/C14H12FNO2/c1-9-6-7-10(8-12(9)15)16-13-5-3-2-4-11(13)14(17)18/h2-8,16H,1H3,(H,17,18). The van der Waals surface area contributed by atoms with Crippen molar-refractivity contribution in [3.8, 4) is 0 Å². The van der Waals surface area contributed by atoms with Crippen molar-refractivity contribution in [3.63, 3.8) is 0 Å². The van der Waals surface area contributed by atoms with Gasteiger partial charge in [0.15, 0.2) is 0 Å². The van der Waals surface area contributed by atoms with Gasteiger partial charge in [-0.2, -0.15) is 0 Å². The number of carboxylic acid groups (broad SMARTS) is 1. The normalized spacial score (nSPS) is 10.1. The van der Waals surface area contributed by atoms with Gasteiger partial charge in [-0.05, 0) is 36.8 Å². The van der Waals surface area contributed by atoms with Crippen LogP contribution in [0.5, 0.6) is 0 Å². The zero-order valence-electron chi connectivity index (χ0n) is 9.77. The van der Waals surface area contributed by atoms with Gasteiger partial charge in [0.25, 0.3) is 0 Å². The first-order valence-electron chi connectivity index (χ1n) is 5.43. The molecule has 0 amide bonds. The lowest BCUT2D eigenvalue weighted by Crippen LogP contribution is -2.02. The zero-order chi connectivity index (χ0) is 13.1. The first-order chi connectivity index (χ1) is 8.58. The van der Waals surface area contributed by atoms with Crippen LogP contribution in [0.4, 0.5) is 15.8 Å². The Hall–Kier alpha value is -2.36. The van der Waals surface area contributed by atoms with Gasteiger partial charge in [-0.25, -0.2) is 9.18 Å². The van der Waals surface area contributed by atoms with E-state index in [-0.39, 0.29) is 11.4 Å². The summed E-state index contributed by atoms with van der Waals surface area (Å²) in [6.45, 7) is 1.67. The Balaban J connectivity index is 2.34. The number of hydrogen-bond acceptors (Lipinski definition) is 2. The van der Waals surface area contributed by atoms with Crippen LogP contribution in [0.25, 0.3) is 0 Å². The number of nitrogens with one attached hydrogen (secondary N) is 1. The van der Waals surface area contributed by atoms with E-state index in [0.29, 0.717) is 16.9 Å². The number of benzene rings is 2. The lowest BCUT2D eigenvalue weighted by atomic mass is 10.1. The first kappa shape index (κ1) is 12.1. The van der Waals surface area contributed by atoms with Gasteiger partial charge in [-0.1, -0.05) is 18.2 Å². The molecule has 0 saturated heterocycles.